The molecule has 1 atom stereocenters. The van der Waals surface area contributed by atoms with Crippen LogP contribution in [0.3, 0.4) is 0 Å². The zero-order valence-corrected chi connectivity index (χ0v) is 10.5. The van der Waals surface area contributed by atoms with Crippen molar-refractivity contribution in [1.82, 2.24) is 20.8 Å². The van der Waals surface area contributed by atoms with E-state index in [-0.39, 0.29) is 0 Å². The van der Waals surface area contributed by atoms with Gasteiger partial charge in [0.1, 0.15) is 0 Å². The van der Waals surface area contributed by atoms with E-state index < -0.39 is 0 Å². The molecule has 96 valence electrons. The van der Waals surface area contributed by atoms with Gasteiger partial charge in [0.05, 0.1) is 0 Å². The molecule has 1 unspecified atom stereocenters. The fourth-order valence-corrected chi connectivity index (χ4v) is 2.24. The van der Waals surface area contributed by atoms with Gasteiger partial charge in [0, 0.05) is 12.8 Å². The first kappa shape index (κ1) is 12.5. The Balaban J connectivity index is 1.76. The molecule has 1 aliphatic heterocycles. The van der Waals surface area contributed by atoms with Gasteiger partial charge in [0.15, 0.2) is 5.82 Å². The van der Waals surface area contributed by atoms with E-state index in [0.29, 0.717) is 5.92 Å². The summed E-state index contributed by atoms with van der Waals surface area (Å²) in [5.41, 5.74) is 0. The third-order valence-electron chi connectivity index (χ3n) is 3.20. The first-order chi connectivity index (χ1) is 8.38. The maximum Gasteiger partial charge on any atom is 0.226 e. The number of hydrogen-bond donors (Lipinski definition) is 2. The molecule has 0 spiro atoms. The van der Waals surface area contributed by atoms with Crippen molar-refractivity contribution in [3.8, 4) is 0 Å². The lowest BCUT2D eigenvalue weighted by atomic mass is 9.96. The van der Waals surface area contributed by atoms with Gasteiger partial charge in [-0.05, 0) is 51.9 Å². The first-order valence-electron chi connectivity index (χ1n) is 6.55. The van der Waals surface area contributed by atoms with Crippen LogP contribution in [0.15, 0.2) is 4.52 Å². The number of aryl methyl sites for hydroxylation is 1. The number of aromatic nitrogens is 2. The molecule has 5 heteroatoms. The van der Waals surface area contributed by atoms with Gasteiger partial charge >= 0.3 is 0 Å². The van der Waals surface area contributed by atoms with Gasteiger partial charge in [-0.25, -0.2) is 0 Å². The molecule has 1 aromatic rings. The van der Waals surface area contributed by atoms with Crippen molar-refractivity contribution in [2.24, 2.45) is 5.92 Å². The molecular formula is C12H22N4O. The number of piperidine rings is 1. The monoisotopic (exact) mass is 238 g/mol. The van der Waals surface area contributed by atoms with Crippen molar-refractivity contribution in [3.05, 3.63) is 11.7 Å². The van der Waals surface area contributed by atoms with Gasteiger partial charge in [-0.2, -0.15) is 4.98 Å². The Morgan fingerprint density at radius 1 is 1.53 bits per heavy atom. The molecule has 0 radical (unpaired) electrons. The number of nitrogens with zero attached hydrogens (tertiary/aromatic N) is 2. The van der Waals surface area contributed by atoms with Crippen LogP contribution in [0.2, 0.25) is 0 Å². The van der Waals surface area contributed by atoms with Crippen LogP contribution in [0.4, 0.5) is 0 Å². The minimum atomic E-state index is 0.661. The SMILES string of the molecule is CNCCCc1noc(CC2CCCNC2)n1. The third-order valence-corrected chi connectivity index (χ3v) is 3.20. The van der Waals surface area contributed by atoms with Gasteiger partial charge in [-0.1, -0.05) is 5.16 Å². The minimum absolute atomic E-state index is 0.661. The van der Waals surface area contributed by atoms with E-state index in [9.17, 15) is 0 Å². The van der Waals surface area contributed by atoms with Crippen LogP contribution >= 0.6 is 0 Å². The summed E-state index contributed by atoms with van der Waals surface area (Å²) in [6, 6.07) is 0. The standard InChI is InChI=1S/C12H22N4O/c1-13-6-3-5-11-15-12(17-16-11)8-10-4-2-7-14-9-10/h10,13-14H,2-9H2,1H3. The van der Waals surface area contributed by atoms with E-state index in [1.165, 1.54) is 12.8 Å². The summed E-state index contributed by atoms with van der Waals surface area (Å²) in [6.45, 7) is 3.23. The molecule has 17 heavy (non-hydrogen) atoms. The fourth-order valence-electron chi connectivity index (χ4n) is 2.24. The number of nitrogens with one attached hydrogen (secondary N) is 2. The second kappa shape index (κ2) is 6.71. The van der Waals surface area contributed by atoms with Gasteiger partial charge in [-0.3, -0.25) is 0 Å². The quantitative estimate of drug-likeness (QED) is 0.717. The summed E-state index contributed by atoms with van der Waals surface area (Å²) >= 11 is 0. The molecule has 5 nitrogen and oxygen atoms in total. The zero-order valence-electron chi connectivity index (χ0n) is 10.5. The Morgan fingerprint density at radius 3 is 3.24 bits per heavy atom. The van der Waals surface area contributed by atoms with E-state index in [1.807, 2.05) is 7.05 Å². The van der Waals surface area contributed by atoms with Crippen molar-refractivity contribution in [1.29, 1.82) is 0 Å². The molecule has 0 bridgehead atoms. The van der Waals surface area contributed by atoms with E-state index >= 15 is 0 Å². The Hall–Kier alpha value is -0.940. The summed E-state index contributed by atoms with van der Waals surface area (Å²) < 4.78 is 5.29. The van der Waals surface area contributed by atoms with Crippen molar-refractivity contribution in [3.63, 3.8) is 0 Å². The highest BCUT2D eigenvalue weighted by Gasteiger charge is 2.17. The molecule has 1 saturated heterocycles. The van der Waals surface area contributed by atoms with Gasteiger partial charge in [0.2, 0.25) is 5.89 Å². The summed E-state index contributed by atoms with van der Waals surface area (Å²) in [5.74, 6) is 2.31. The molecule has 2 heterocycles. The van der Waals surface area contributed by atoms with Gasteiger partial charge < -0.3 is 15.2 Å². The highest BCUT2D eigenvalue weighted by molar-refractivity contribution is 4.89. The van der Waals surface area contributed by atoms with Gasteiger partial charge in [0.25, 0.3) is 0 Å². The molecule has 0 aliphatic carbocycles. The number of rotatable bonds is 6. The molecule has 0 amide bonds. The van der Waals surface area contributed by atoms with Crippen molar-refractivity contribution in [2.75, 3.05) is 26.7 Å². The van der Waals surface area contributed by atoms with Gasteiger partial charge in [-0.15, -0.1) is 0 Å². The minimum Gasteiger partial charge on any atom is -0.339 e. The highest BCUT2D eigenvalue weighted by Crippen LogP contribution is 2.15. The first-order valence-corrected chi connectivity index (χ1v) is 6.55. The average molecular weight is 238 g/mol. The number of hydrogen-bond acceptors (Lipinski definition) is 5. The van der Waals surface area contributed by atoms with E-state index in [0.717, 1.165) is 50.6 Å². The smallest absolute Gasteiger partial charge is 0.226 e. The second-order valence-electron chi connectivity index (χ2n) is 4.73. The Kier molecular flexibility index (Phi) is 4.94. The summed E-state index contributed by atoms with van der Waals surface area (Å²) in [4.78, 5) is 4.44. The maximum atomic E-state index is 5.29. The van der Waals surface area contributed by atoms with Crippen LogP contribution in [0.1, 0.15) is 31.0 Å². The second-order valence-corrected chi connectivity index (χ2v) is 4.73. The lowest BCUT2D eigenvalue weighted by Gasteiger charge is -2.20. The lowest BCUT2D eigenvalue weighted by Crippen LogP contribution is -2.30. The molecule has 2 N–H and O–H groups in total. The molecule has 0 aromatic carbocycles. The van der Waals surface area contributed by atoms with Crippen LogP contribution < -0.4 is 10.6 Å². The predicted octanol–water partition coefficient (Wildman–Crippen LogP) is 0.764. The zero-order chi connectivity index (χ0) is 11.9. The summed E-state index contributed by atoms with van der Waals surface area (Å²) in [5, 5.41) is 10.5. The normalized spacial score (nSPS) is 20.6. The highest BCUT2D eigenvalue weighted by atomic mass is 16.5. The predicted molar refractivity (Wildman–Crippen MR) is 65.8 cm³/mol. The molecular weight excluding hydrogens is 216 g/mol. The van der Waals surface area contributed by atoms with E-state index in [1.54, 1.807) is 0 Å². The van der Waals surface area contributed by atoms with E-state index in [4.69, 9.17) is 4.52 Å². The Bertz CT molecular complexity index is 320. The topological polar surface area (TPSA) is 63.0 Å². The van der Waals surface area contributed by atoms with Crippen LogP contribution in [0, 0.1) is 5.92 Å². The molecule has 1 aromatic heterocycles. The summed E-state index contributed by atoms with van der Waals surface area (Å²) in [7, 11) is 1.96. The maximum absolute atomic E-state index is 5.29. The Labute approximate surface area is 102 Å². The van der Waals surface area contributed by atoms with E-state index in [2.05, 4.69) is 20.8 Å². The van der Waals surface area contributed by atoms with Crippen LogP contribution in [-0.2, 0) is 12.8 Å². The Morgan fingerprint density at radius 2 is 2.47 bits per heavy atom. The van der Waals surface area contributed by atoms with Crippen LogP contribution in [-0.4, -0.2) is 36.8 Å². The fraction of sp³-hybridized carbons (Fsp3) is 0.833. The van der Waals surface area contributed by atoms with Crippen molar-refractivity contribution >= 4 is 0 Å². The third kappa shape index (κ3) is 4.09. The van der Waals surface area contributed by atoms with Crippen LogP contribution in [0.25, 0.3) is 0 Å². The largest absolute Gasteiger partial charge is 0.339 e. The molecule has 1 fully saturated rings. The van der Waals surface area contributed by atoms with Crippen LogP contribution in [0.5, 0.6) is 0 Å². The average Bonchev–Trinajstić information content (AvgIpc) is 2.79. The molecule has 2 rings (SSSR count). The lowest BCUT2D eigenvalue weighted by molar-refractivity contribution is 0.314. The van der Waals surface area contributed by atoms with Crippen molar-refractivity contribution in [2.45, 2.75) is 32.1 Å². The molecule has 0 saturated carbocycles. The molecule has 1 aliphatic rings. The summed E-state index contributed by atoms with van der Waals surface area (Å²) in [6.07, 6.45) is 5.40. The van der Waals surface area contributed by atoms with Crippen molar-refractivity contribution < 1.29 is 4.52 Å².